The summed E-state index contributed by atoms with van der Waals surface area (Å²) in [6, 6.07) is 0. The van der Waals surface area contributed by atoms with Gasteiger partial charge in [0.05, 0.1) is 28.6 Å². The van der Waals surface area contributed by atoms with Crippen molar-refractivity contribution in [3.8, 4) is 0 Å². The first-order valence-corrected chi connectivity index (χ1v) is 6.82. The van der Waals surface area contributed by atoms with Gasteiger partial charge in [0.1, 0.15) is 0 Å². The van der Waals surface area contributed by atoms with E-state index >= 15 is 0 Å². The van der Waals surface area contributed by atoms with Gasteiger partial charge in [0.25, 0.3) is 0 Å². The maximum Gasteiger partial charge on any atom is 0.0866 e. The molecular weight excluding hydrogens is 262 g/mol. The van der Waals surface area contributed by atoms with Gasteiger partial charge in [-0.25, -0.2) is 0 Å². The van der Waals surface area contributed by atoms with Crippen LogP contribution in [-0.4, -0.2) is 19.6 Å². The summed E-state index contributed by atoms with van der Waals surface area (Å²) in [4.78, 5) is 0. The summed E-state index contributed by atoms with van der Waals surface area (Å²) >= 11 is 6.33. The fourth-order valence-corrected chi connectivity index (χ4v) is 2.54. The molecule has 2 aromatic heterocycles. The van der Waals surface area contributed by atoms with Gasteiger partial charge in [-0.15, -0.1) is 0 Å². The van der Waals surface area contributed by atoms with E-state index < -0.39 is 0 Å². The van der Waals surface area contributed by atoms with Gasteiger partial charge >= 0.3 is 0 Å². The van der Waals surface area contributed by atoms with Crippen molar-refractivity contribution in [1.82, 2.24) is 19.6 Å². The lowest BCUT2D eigenvalue weighted by molar-refractivity contribution is 0.566. The fraction of sp³-hybridized carbons (Fsp3) is 0.538. The second-order valence-electron chi connectivity index (χ2n) is 4.67. The smallest absolute Gasteiger partial charge is 0.0866 e. The Bertz CT molecular complexity index is 597. The summed E-state index contributed by atoms with van der Waals surface area (Å²) in [6.07, 6.45) is 0. The molecule has 0 amide bonds. The van der Waals surface area contributed by atoms with Gasteiger partial charge in [-0.1, -0.05) is 11.6 Å². The van der Waals surface area contributed by atoms with Crippen LogP contribution in [0.1, 0.15) is 35.3 Å². The number of hydrogen-bond acceptors (Lipinski definition) is 3. The molecule has 19 heavy (non-hydrogen) atoms. The molecule has 2 heterocycles. The molecule has 0 aliphatic carbocycles. The number of hydrogen-bond donors (Lipinski definition) is 1. The standard InChI is InChI=1S/C13H20ClN5/c1-5-18-12(13(14)9(3)17-18)7-19-10(4)11(6-15)8(2)16-19/h5-7,15H2,1-4H3. The number of rotatable bonds is 4. The van der Waals surface area contributed by atoms with Crippen molar-refractivity contribution in [2.45, 2.75) is 47.3 Å². The molecule has 104 valence electrons. The Balaban J connectivity index is 2.42. The average molecular weight is 282 g/mol. The van der Waals surface area contributed by atoms with Crippen LogP contribution in [0.3, 0.4) is 0 Å². The van der Waals surface area contributed by atoms with Crippen LogP contribution >= 0.6 is 11.6 Å². The third-order valence-corrected chi connectivity index (χ3v) is 3.98. The van der Waals surface area contributed by atoms with E-state index in [0.29, 0.717) is 13.1 Å². The van der Waals surface area contributed by atoms with Crippen molar-refractivity contribution in [2.24, 2.45) is 5.73 Å². The van der Waals surface area contributed by atoms with E-state index in [0.717, 1.165) is 39.9 Å². The molecule has 0 saturated heterocycles. The highest BCUT2D eigenvalue weighted by molar-refractivity contribution is 6.31. The van der Waals surface area contributed by atoms with Gasteiger partial charge < -0.3 is 5.73 Å². The van der Waals surface area contributed by atoms with E-state index in [-0.39, 0.29) is 0 Å². The zero-order chi connectivity index (χ0) is 14.2. The number of aromatic nitrogens is 4. The zero-order valence-corrected chi connectivity index (χ0v) is 12.6. The second-order valence-corrected chi connectivity index (χ2v) is 5.05. The van der Waals surface area contributed by atoms with Crippen molar-refractivity contribution in [2.75, 3.05) is 0 Å². The molecule has 0 aromatic carbocycles. The van der Waals surface area contributed by atoms with Crippen LogP contribution in [0.5, 0.6) is 0 Å². The van der Waals surface area contributed by atoms with Crippen LogP contribution in [0, 0.1) is 20.8 Å². The highest BCUT2D eigenvalue weighted by Crippen LogP contribution is 2.22. The lowest BCUT2D eigenvalue weighted by atomic mass is 10.2. The Morgan fingerprint density at radius 3 is 2.26 bits per heavy atom. The third kappa shape index (κ3) is 2.40. The van der Waals surface area contributed by atoms with Crippen molar-refractivity contribution in [3.05, 3.63) is 33.4 Å². The summed E-state index contributed by atoms with van der Waals surface area (Å²) in [6.45, 7) is 9.93. The molecule has 0 unspecified atom stereocenters. The molecule has 2 N–H and O–H groups in total. The quantitative estimate of drug-likeness (QED) is 0.934. The first kappa shape index (κ1) is 14.1. The van der Waals surface area contributed by atoms with Crippen LogP contribution in [0.15, 0.2) is 0 Å². The molecule has 0 radical (unpaired) electrons. The number of nitrogens with zero attached hydrogens (tertiary/aromatic N) is 4. The Labute approximate surface area is 118 Å². The molecule has 6 heteroatoms. The van der Waals surface area contributed by atoms with Gasteiger partial charge in [-0.05, 0) is 27.7 Å². The van der Waals surface area contributed by atoms with Gasteiger partial charge in [0.15, 0.2) is 0 Å². The van der Waals surface area contributed by atoms with E-state index in [1.54, 1.807) is 0 Å². The summed E-state index contributed by atoms with van der Waals surface area (Å²) in [5.74, 6) is 0. The first-order chi connectivity index (χ1) is 8.99. The van der Waals surface area contributed by atoms with E-state index in [1.165, 1.54) is 0 Å². The monoisotopic (exact) mass is 281 g/mol. The van der Waals surface area contributed by atoms with Crippen molar-refractivity contribution >= 4 is 11.6 Å². The molecule has 0 saturated carbocycles. The van der Waals surface area contributed by atoms with E-state index in [1.807, 2.05) is 30.1 Å². The summed E-state index contributed by atoms with van der Waals surface area (Å²) in [5, 5.41) is 9.69. The molecule has 0 bridgehead atoms. The molecule has 5 nitrogen and oxygen atoms in total. The van der Waals surface area contributed by atoms with Crippen LogP contribution in [-0.2, 0) is 19.6 Å². The number of nitrogens with two attached hydrogens (primary N) is 1. The molecule has 0 atom stereocenters. The third-order valence-electron chi connectivity index (χ3n) is 3.49. The van der Waals surface area contributed by atoms with Gasteiger partial charge in [0.2, 0.25) is 0 Å². The van der Waals surface area contributed by atoms with E-state index in [2.05, 4.69) is 17.1 Å². The van der Waals surface area contributed by atoms with Crippen LogP contribution in [0.4, 0.5) is 0 Å². The molecule has 0 aliphatic rings. The summed E-state index contributed by atoms with van der Waals surface area (Å²) in [5.41, 5.74) is 10.8. The van der Waals surface area contributed by atoms with Crippen molar-refractivity contribution < 1.29 is 0 Å². The highest BCUT2D eigenvalue weighted by atomic mass is 35.5. The largest absolute Gasteiger partial charge is 0.326 e. The first-order valence-electron chi connectivity index (χ1n) is 6.44. The topological polar surface area (TPSA) is 61.7 Å². The lowest BCUT2D eigenvalue weighted by Crippen LogP contribution is -2.11. The van der Waals surface area contributed by atoms with Crippen molar-refractivity contribution in [1.29, 1.82) is 0 Å². The maximum absolute atomic E-state index is 6.33. The predicted molar refractivity (Wildman–Crippen MR) is 76.3 cm³/mol. The minimum absolute atomic E-state index is 0.511. The van der Waals surface area contributed by atoms with Crippen molar-refractivity contribution in [3.63, 3.8) is 0 Å². The summed E-state index contributed by atoms with van der Waals surface area (Å²) in [7, 11) is 0. The SMILES string of the molecule is CCn1nc(C)c(Cl)c1Cn1nc(C)c(CN)c1C. The number of aryl methyl sites for hydroxylation is 3. The van der Waals surface area contributed by atoms with Gasteiger partial charge in [-0.2, -0.15) is 10.2 Å². The Morgan fingerprint density at radius 1 is 1.11 bits per heavy atom. The minimum Gasteiger partial charge on any atom is -0.326 e. The van der Waals surface area contributed by atoms with Crippen LogP contribution in [0.25, 0.3) is 0 Å². The van der Waals surface area contributed by atoms with E-state index in [9.17, 15) is 0 Å². The van der Waals surface area contributed by atoms with Gasteiger partial charge in [0, 0.05) is 24.3 Å². The molecule has 0 spiro atoms. The lowest BCUT2D eigenvalue weighted by Gasteiger charge is -2.08. The molecule has 0 fully saturated rings. The zero-order valence-electron chi connectivity index (χ0n) is 11.9. The molecule has 0 aliphatic heterocycles. The average Bonchev–Trinajstić information content (AvgIpc) is 2.80. The maximum atomic E-state index is 6.33. The van der Waals surface area contributed by atoms with E-state index in [4.69, 9.17) is 17.3 Å². The normalized spacial score (nSPS) is 11.3. The van der Waals surface area contributed by atoms with Gasteiger partial charge in [-0.3, -0.25) is 9.36 Å². The Morgan fingerprint density at radius 2 is 1.74 bits per heavy atom. The fourth-order valence-electron chi connectivity index (χ4n) is 2.35. The summed E-state index contributed by atoms with van der Waals surface area (Å²) < 4.78 is 3.88. The predicted octanol–water partition coefficient (Wildman–Crippen LogP) is 2.19. The Hall–Kier alpha value is -1.33. The van der Waals surface area contributed by atoms with Crippen LogP contribution < -0.4 is 5.73 Å². The number of halogens is 1. The van der Waals surface area contributed by atoms with Crippen LogP contribution in [0.2, 0.25) is 5.02 Å². The molecule has 2 rings (SSSR count). The highest BCUT2D eigenvalue weighted by Gasteiger charge is 2.16. The Kier molecular flexibility index (Phi) is 3.96. The minimum atomic E-state index is 0.511. The molecular formula is C13H20ClN5. The second kappa shape index (κ2) is 5.35. The molecule has 2 aromatic rings.